The lowest BCUT2D eigenvalue weighted by Gasteiger charge is -2.10. The summed E-state index contributed by atoms with van der Waals surface area (Å²) in [6, 6.07) is 12.2. The quantitative estimate of drug-likeness (QED) is 0.901. The van der Waals surface area contributed by atoms with Gasteiger partial charge < -0.3 is 10.1 Å². The topological polar surface area (TPSA) is 38.3 Å². The van der Waals surface area contributed by atoms with E-state index in [2.05, 4.69) is 21.2 Å². The molecule has 0 atom stereocenters. The van der Waals surface area contributed by atoms with Crippen LogP contribution in [-0.2, 0) is 0 Å². The second kappa shape index (κ2) is 6.08. The highest BCUT2D eigenvalue weighted by atomic mass is 79.9. The Balaban J connectivity index is 2.26. The fourth-order valence-electron chi connectivity index (χ4n) is 1.60. The molecule has 0 saturated heterocycles. The number of rotatable bonds is 3. The fourth-order valence-corrected chi connectivity index (χ4v) is 2.15. The van der Waals surface area contributed by atoms with E-state index in [4.69, 9.17) is 16.3 Å². The van der Waals surface area contributed by atoms with Crippen LogP contribution in [0.2, 0.25) is 5.02 Å². The third-order valence-electron chi connectivity index (χ3n) is 2.50. The highest BCUT2D eigenvalue weighted by Gasteiger charge is 2.10. The van der Waals surface area contributed by atoms with Crippen LogP contribution in [0.5, 0.6) is 5.75 Å². The van der Waals surface area contributed by atoms with E-state index in [0.29, 0.717) is 22.0 Å². The number of halogens is 2. The SMILES string of the molecule is COc1ccc(Br)cc1NC(=O)c1cccc(Cl)c1. The molecule has 1 amide bonds. The van der Waals surface area contributed by atoms with E-state index in [-0.39, 0.29) is 5.91 Å². The number of methoxy groups -OCH3 is 1. The van der Waals surface area contributed by atoms with Gasteiger partial charge in [0.15, 0.2) is 0 Å². The molecule has 0 radical (unpaired) electrons. The molecule has 0 fully saturated rings. The van der Waals surface area contributed by atoms with Gasteiger partial charge in [-0.1, -0.05) is 33.6 Å². The van der Waals surface area contributed by atoms with Gasteiger partial charge in [-0.3, -0.25) is 4.79 Å². The van der Waals surface area contributed by atoms with E-state index in [1.807, 2.05) is 6.07 Å². The maximum absolute atomic E-state index is 12.1. The molecule has 1 N–H and O–H groups in total. The van der Waals surface area contributed by atoms with Gasteiger partial charge in [0.2, 0.25) is 0 Å². The summed E-state index contributed by atoms with van der Waals surface area (Å²) in [5.74, 6) is 0.359. The van der Waals surface area contributed by atoms with Crippen molar-refractivity contribution in [3.63, 3.8) is 0 Å². The smallest absolute Gasteiger partial charge is 0.255 e. The highest BCUT2D eigenvalue weighted by molar-refractivity contribution is 9.10. The van der Waals surface area contributed by atoms with Crippen LogP contribution in [0.4, 0.5) is 5.69 Å². The van der Waals surface area contributed by atoms with E-state index in [1.165, 1.54) is 0 Å². The Kier molecular flexibility index (Phi) is 4.45. The molecule has 2 rings (SSSR count). The third-order valence-corrected chi connectivity index (χ3v) is 3.22. The molecule has 3 nitrogen and oxygen atoms in total. The standard InChI is InChI=1S/C14H11BrClNO2/c1-19-13-6-5-10(15)8-12(13)17-14(18)9-3-2-4-11(16)7-9/h2-8H,1H3,(H,17,18). The molecule has 0 unspecified atom stereocenters. The van der Waals surface area contributed by atoms with Crippen LogP contribution in [0.3, 0.4) is 0 Å². The maximum Gasteiger partial charge on any atom is 0.255 e. The van der Waals surface area contributed by atoms with Crippen molar-refractivity contribution in [3.05, 3.63) is 57.5 Å². The predicted octanol–water partition coefficient (Wildman–Crippen LogP) is 4.36. The summed E-state index contributed by atoms with van der Waals surface area (Å²) in [5, 5.41) is 3.32. The van der Waals surface area contributed by atoms with Crippen LogP contribution in [0.1, 0.15) is 10.4 Å². The number of carbonyl (C=O) groups excluding carboxylic acids is 1. The molecule has 0 bridgehead atoms. The summed E-state index contributed by atoms with van der Waals surface area (Å²) < 4.78 is 6.06. The molecule has 98 valence electrons. The zero-order valence-corrected chi connectivity index (χ0v) is 12.5. The second-order valence-corrected chi connectivity index (χ2v) is 5.16. The molecule has 0 aliphatic carbocycles. The van der Waals surface area contributed by atoms with Crippen molar-refractivity contribution in [1.29, 1.82) is 0 Å². The Morgan fingerprint density at radius 3 is 2.74 bits per heavy atom. The van der Waals surface area contributed by atoms with Crippen molar-refractivity contribution in [3.8, 4) is 5.75 Å². The Morgan fingerprint density at radius 2 is 2.05 bits per heavy atom. The first-order valence-corrected chi connectivity index (χ1v) is 6.67. The number of hydrogen-bond acceptors (Lipinski definition) is 2. The van der Waals surface area contributed by atoms with Crippen LogP contribution in [-0.4, -0.2) is 13.0 Å². The number of carbonyl (C=O) groups is 1. The minimum atomic E-state index is -0.237. The van der Waals surface area contributed by atoms with Crippen LogP contribution in [0.15, 0.2) is 46.9 Å². The molecule has 19 heavy (non-hydrogen) atoms. The lowest BCUT2D eigenvalue weighted by Crippen LogP contribution is -2.12. The monoisotopic (exact) mass is 339 g/mol. The van der Waals surface area contributed by atoms with Crippen molar-refractivity contribution in [2.75, 3.05) is 12.4 Å². The van der Waals surface area contributed by atoms with E-state index in [9.17, 15) is 4.79 Å². The molecule has 0 aromatic heterocycles. The minimum absolute atomic E-state index is 0.237. The summed E-state index contributed by atoms with van der Waals surface area (Å²) in [7, 11) is 1.55. The van der Waals surface area contributed by atoms with E-state index in [1.54, 1.807) is 43.5 Å². The molecule has 0 aliphatic rings. The molecule has 5 heteroatoms. The number of nitrogens with one attached hydrogen (secondary N) is 1. The molecule has 2 aromatic rings. The fraction of sp³-hybridized carbons (Fsp3) is 0.0714. The third kappa shape index (κ3) is 3.49. The Labute approximate surface area is 124 Å². The number of hydrogen-bond donors (Lipinski definition) is 1. The van der Waals surface area contributed by atoms with Gasteiger partial charge in [-0.2, -0.15) is 0 Å². The van der Waals surface area contributed by atoms with Crippen molar-refractivity contribution < 1.29 is 9.53 Å². The van der Waals surface area contributed by atoms with Crippen molar-refractivity contribution >= 4 is 39.1 Å². The van der Waals surface area contributed by atoms with Crippen LogP contribution in [0.25, 0.3) is 0 Å². The Morgan fingerprint density at radius 1 is 1.26 bits per heavy atom. The molecule has 0 aliphatic heterocycles. The molecular weight excluding hydrogens is 330 g/mol. The molecular formula is C14H11BrClNO2. The molecule has 0 saturated carbocycles. The van der Waals surface area contributed by atoms with Gasteiger partial charge in [0.05, 0.1) is 12.8 Å². The molecule has 0 heterocycles. The summed E-state index contributed by atoms with van der Waals surface area (Å²) >= 11 is 9.22. The average Bonchev–Trinajstić information content (AvgIpc) is 2.39. The van der Waals surface area contributed by atoms with E-state index in [0.717, 1.165) is 4.47 Å². The van der Waals surface area contributed by atoms with Crippen LogP contribution in [0, 0.1) is 0 Å². The zero-order chi connectivity index (χ0) is 13.8. The van der Waals surface area contributed by atoms with Gasteiger partial charge in [0, 0.05) is 15.1 Å². The summed E-state index contributed by atoms with van der Waals surface area (Å²) in [6.07, 6.45) is 0. The van der Waals surface area contributed by atoms with Gasteiger partial charge >= 0.3 is 0 Å². The summed E-state index contributed by atoms with van der Waals surface area (Å²) in [6.45, 7) is 0. The van der Waals surface area contributed by atoms with Gasteiger partial charge in [0.25, 0.3) is 5.91 Å². The number of anilines is 1. The van der Waals surface area contributed by atoms with Crippen molar-refractivity contribution in [2.45, 2.75) is 0 Å². The lowest BCUT2D eigenvalue weighted by molar-refractivity contribution is 0.102. The van der Waals surface area contributed by atoms with Crippen molar-refractivity contribution in [2.24, 2.45) is 0 Å². The largest absolute Gasteiger partial charge is 0.495 e. The highest BCUT2D eigenvalue weighted by Crippen LogP contribution is 2.28. The Hall–Kier alpha value is -1.52. The van der Waals surface area contributed by atoms with Gasteiger partial charge in [0.1, 0.15) is 5.75 Å². The van der Waals surface area contributed by atoms with Crippen LogP contribution < -0.4 is 10.1 Å². The van der Waals surface area contributed by atoms with Gasteiger partial charge in [-0.25, -0.2) is 0 Å². The van der Waals surface area contributed by atoms with E-state index >= 15 is 0 Å². The zero-order valence-electron chi connectivity index (χ0n) is 10.1. The first-order valence-electron chi connectivity index (χ1n) is 5.50. The summed E-state index contributed by atoms with van der Waals surface area (Å²) in [4.78, 5) is 12.1. The average molecular weight is 341 g/mol. The van der Waals surface area contributed by atoms with Crippen molar-refractivity contribution in [1.82, 2.24) is 0 Å². The number of ether oxygens (including phenoxy) is 1. The van der Waals surface area contributed by atoms with Gasteiger partial charge in [-0.15, -0.1) is 0 Å². The van der Waals surface area contributed by atoms with Crippen LogP contribution >= 0.6 is 27.5 Å². The minimum Gasteiger partial charge on any atom is -0.495 e. The Bertz CT molecular complexity index is 616. The second-order valence-electron chi connectivity index (χ2n) is 3.81. The number of amides is 1. The molecule has 0 spiro atoms. The maximum atomic E-state index is 12.1. The van der Waals surface area contributed by atoms with E-state index < -0.39 is 0 Å². The first kappa shape index (κ1) is 13.9. The predicted molar refractivity (Wildman–Crippen MR) is 80.1 cm³/mol. The lowest BCUT2D eigenvalue weighted by atomic mass is 10.2. The number of benzene rings is 2. The normalized spacial score (nSPS) is 10.1. The first-order chi connectivity index (χ1) is 9.10. The van der Waals surface area contributed by atoms with Gasteiger partial charge in [-0.05, 0) is 36.4 Å². The summed E-state index contributed by atoms with van der Waals surface area (Å²) in [5.41, 5.74) is 1.09. The molecule has 2 aromatic carbocycles.